The van der Waals surface area contributed by atoms with Crippen LogP contribution in [0, 0.1) is 17.0 Å². The van der Waals surface area contributed by atoms with E-state index in [1.54, 1.807) is 28.8 Å². The summed E-state index contributed by atoms with van der Waals surface area (Å²) in [5.74, 6) is 0.131. The van der Waals surface area contributed by atoms with Crippen LogP contribution in [0.3, 0.4) is 0 Å². The quantitative estimate of drug-likeness (QED) is 0.536. The number of amides is 1. The Morgan fingerprint density at radius 1 is 1.19 bits per heavy atom. The Balaban J connectivity index is 1.72. The number of nitro groups is 1. The minimum absolute atomic E-state index is 0.0595. The van der Waals surface area contributed by atoms with E-state index in [1.165, 1.54) is 6.07 Å². The zero-order valence-corrected chi connectivity index (χ0v) is 14.6. The molecular weight excluding hydrogens is 332 g/mol. The van der Waals surface area contributed by atoms with Gasteiger partial charge in [-0.2, -0.15) is 5.10 Å². The molecule has 1 aliphatic heterocycles. The second-order valence-electron chi connectivity index (χ2n) is 6.62. The maximum atomic E-state index is 11.8. The normalized spacial score (nSPS) is 13.9. The summed E-state index contributed by atoms with van der Waals surface area (Å²) in [6.07, 6.45) is 1.25. The van der Waals surface area contributed by atoms with Gasteiger partial charge in [-0.1, -0.05) is 12.1 Å². The van der Waals surface area contributed by atoms with E-state index in [9.17, 15) is 14.9 Å². The molecule has 0 unspecified atom stereocenters. The lowest BCUT2D eigenvalue weighted by Gasteiger charge is -2.26. The molecule has 4 rings (SSSR count). The zero-order chi connectivity index (χ0) is 18.4. The van der Waals surface area contributed by atoms with Gasteiger partial charge in [0.15, 0.2) is 0 Å². The maximum Gasteiger partial charge on any atom is 0.271 e. The molecule has 0 atom stereocenters. The van der Waals surface area contributed by atoms with Gasteiger partial charge in [0.25, 0.3) is 5.69 Å². The van der Waals surface area contributed by atoms with Crippen molar-refractivity contribution in [1.29, 1.82) is 0 Å². The third-order valence-corrected chi connectivity index (χ3v) is 4.95. The molecular formula is C19H18N4O3. The number of rotatable bonds is 3. The minimum atomic E-state index is -0.391. The second kappa shape index (κ2) is 5.94. The van der Waals surface area contributed by atoms with Crippen LogP contribution in [-0.4, -0.2) is 27.7 Å². The predicted molar refractivity (Wildman–Crippen MR) is 98.4 cm³/mol. The molecule has 0 bridgehead atoms. The van der Waals surface area contributed by atoms with Gasteiger partial charge < -0.3 is 4.90 Å². The highest BCUT2D eigenvalue weighted by Crippen LogP contribution is 2.29. The standard InChI is InChI=1S/C19H18N4O3/c1-12-16-6-5-15(23(25)26)10-18(16)22(20-12)11-13-3-7-17-14(9-13)4-8-19(24)21(17)2/h3,5-7,9-10H,4,8,11H2,1-2H3. The summed E-state index contributed by atoms with van der Waals surface area (Å²) in [4.78, 5) is 24.2. The Morgan fingerprint density at radius 3 is 2.77 bits per heavy atom. The summed E-state index contributed by atoms with van der Waals surface area (Å²) in [5, 5.41) is 16.6. The van der Waals surface area contributed by atoms with Gasteiger partial charge in [-0.15, -0.1) is 0 Å². The highest BCUT2D eigenvalue weighted by Gasteiger charge is 2.21. The molecule has 0 N–H and O–H groups in total. The molecule has 0 aliphatic carbocycles. The molecule has 2 heterocycles. The van der Waals surface area contributed by atoms with Crippen LogP contribution in [0.2, 0.25) is 0 Å². The monoisotopic (exact) mass is 350 g/mol. The first kappa shape index (κ1) is 16.3. The van der Waals surface area contributed by atoms with Crippen molar-refractivity contribution in [3.05, 3.63) is 63.3 Å². The van der Waals surface area contributed by atoms with Crippen LogP contribution < -0.4 is 4.90 Å². The van der Waals surface area contributed by atoms with E-state index in [2.05, 4.69) is 11.2 Å². The minimum Gasteiger partial charge on any atom is -0.315 e. The van der Waals surface area contributed by atoms with Gasteiger partial charge in [0, 0.05) is 36.7 Å². The van der Waals surface area contributed by atoms with Crippen molar-refractivity contribution < 1.29 is 9.72 Å². The topological polar surface area (TPSA) is 81.3 Å². The van der Waals surface area contributed by atoms with E-state index in [0.29, 0.717) is 13.0 Å². The molecule has 132 valence electrons. The van der Waals surface area contributed by atoms with E-state index < -0.39 is 4.92 Å². The summed E-state index contributed by atoms with van der Waals surface area (Å²) in [7, 11) is 1.80. The van der Waals surface area contributed by atoms with Crippen molar-refractivity contribution in [2.75, 3.05) is 11.9 Å². The number of aryl methyl sites for hydroxylation is 2. The van der Waals surface area contributed by atoms with Crippen LogP contribution in [0.5, 0.6) is 0 Å². The van der Waals surface area contributed by atoms with Crippen molar-refractivity contribution in [2.24, 2.45) is 0 Å². The molecule has 0 saturated heterocycles. The number of fused-ring (bicyclic) bond motifs is 2. The number of non-ortho nitro benzene ring substituents is 1. The van der Waals surface area contributed by atoms with E-state index in [1.807, 2.05) is 19.1 Å². The summed E-state index contributed by atoms with van der Waals surface area (Å²) in [6, 6.07) is 10.9. The first-order valence-corrected chi connectivity index (χ1v) is 8.44. The van der Waals surface area contributed by atoms with Crippen molar-refractivity contribution in [3.63, 3.8) is 0 Å². The number of carbonyl (C=O) groups excluding carboxylic acids is 1. The Kier molecular flexibility index (Phi) is 3.72. The number of anilines is 1. The molecule has 1 amide bonds. The third-order valence-electron chi connectivity index (χ3n) is 4.95. The number of nitrogens with zero attached hydrogens (tertiary/aromatic N) is 4. The molecule has 1 aromatic heterocycles. The van der Waals surface area contributed by atoms with E-state index in [4.69, 9.17) is 0 Å². The Hall–Kier alpha value is -3.22. The summed E-state index contributed by atoms with van der Waals surface area (Å²) in [6.45, 7) is 2.43. The van der Waals surface area contributed by atoms with Crippen molar-refractivity contribution in [1.82, 2.24) is 9.78 Å². The first-order chi connectivity index (χ1) is 12.4. The Morgan fingerprint density at radius 2 is 2.00 bits per heavy atom. The number of hydrogen-bond donors (Lipinski definition) is 0. The van der Waals surface area contributed by atoms with Crippen molar-refractivity contribution in [2.45, 2.75) is 26.3 Å². The zero-order valence-electron chi connectivity index (χ0n) is 14.6. The largest absolute Gasteiger partial charge is 0.315 e. The third kappa shape index (κ3) is 2.61. The van der Waals surface area contributed by atoms with Crippen LogP contribution in [0.15, 0.2) is 36.4 Å². The van der Waals surface area contributed by atoms with Gasteiger partial charge in [-0.3, -0.25) is 19.6 Å². The average molecular weight is 350 g/mol. The van der Waals surface area contributed by atoms with Crippen LogP contribution in [0.25, 0.3) is 10.9 Å². The lowest BCUT2D eigenvalue weighted by atomic mass is 9.99. The van der Waals surface area contributed by atoms with Gasteiger partial charge in [-0.25, -0.2) is 0 Å². The fourth-order valence-corrected chi connectivity index (χ4v) is 3.54. The number of benzene rings is 2. The fourth-order valence-electron chi connectivity index (χ4n) is 3.54. The molecule has 2 aromatic carbocycles. The average Bonchev–Trinajstić information content (AvgIpc) is 2.93. The Bertz CT molecular complexity index is 1050. The van der Waals surface area contributed by atoms with Crippen molar-refractivity contribution in [3.8, 4) is 0 Å². The Labute approximate surface area is 150 Å². The highest BCUT2D eigenvalue weighted by molar-refractivity contribution is 5.95. The van der Waals surface area contributed by atoms with E-state index >= 15 is 0 Å². The second-order valence-corrected chi connectivity index (χ2v) is 6.62. The lowest BCUT2D eigenvalue weighted by Crippen LogP contribution is -2.31. The van der Waals surface area contributed by atoms with Gasteiger partial charge in [0.1, 0.15) is 0 Å². The van der Waals surface area contributed by atoms with Crippen LogP contribution in [0.1, 0.15) is 23.2 Å². The molecule has 0 radical (unpaired) electrons. The highest BCUT2D eigenvalue weighted by atomic mass is 16.6. The molecule has 7 nitrogen and oxygen atoms in total. The number of carbonyl (C=O) groups is 1. The van der Waals surface area contributed by atoms with E-state index in [0.717, 1.165) is 39.8 Å². The number of hydrogen-bond acceptors (Lipinski definition) is 4. The number of nitro benzene ring substituents is 1. The first-order valence-electron chi connectivity index (χ1n) is 8.44. The van der Waals surface area contributed by atoms with E-state index in [-0.39, 0.29) is 11.6 Å². The molecule has 0 saturated carbocycles. The fraction of sp³-hybridized carbons (Fsp3) is 0.263. The predicted octanol–water partition coefficient (Wildman–Crippen LogP) is 3.21. The summed E-state index contributed by atoms with van der Waals surface area (Å²) >= 11 is 0. The van der Waals surface area contributed by atoms with Gasteiger partial charge in [-0.05, 0) is 36.6 Å². The molecule has 0 fully saturated rings. The van der Waals surface area contributed by atoms with Crippen LogP contribution in [0.4, 0.5) is 11.4 Å². The number of aromatic nitrogens is 2. The summed E-state index contributed by atoms with van der Waals surface area (Å²) < 4.78 is 1.80. The molecule has 7 heteroatoms. The lowest BCUT2D eigenvalue weighted by molar-refractivity contribution is -0.384. The summed E-state index contributed by atoms with van der Waals surface area (Å²) in [5.41, 5.74) is 4.80. The molecule has 3 aromatic rings. The van der Waals surface area contributed by atoms with Gasteiger partial charge >= 0.3 is 0 Å². The molecule has 0 spiro atoms. The SMILES string of the molecule is Cc1nn(Cc2ccc3c(c2)CCC(=O)N3C)c2cc([N+](=O)[O-])ccc12. The molecule has 26 heavy (non-hydrogen) atoms. The van der Waals surface area contributed by atoms with Crippen LogP contribution >= 0.6 is 0 Å². The van der Waals surface area contributed by atoms with Crippen LogP contribution in [-0.2, 0) is 17.8 Å². The maximum absolute atomic E-state index is 11.8. The molecule has 1 aliphatic rings. The smallest absolute Gasteiger partial charge is 0.271 e. The van der Waals surface area contributed by atoms with Gasteiger partial charge in [0.05, 0.1) is 22.7 Å². The van der Waals surface area contributed by atoms with Crippen molar-refractivity contribution >= 4 is 28.2 Å². The van der Waals surface area contributed by atoms with Gasteiger partial charge in [0.2, 0.25) is 5.91 Å².